The van der Waals surface area contributed by atoms with Gasteiger partial charge in [-0.05, 0) is 31.9 Å². The zero-order chi connectivity index (χ0) is 10.9. The van der Waals surface area contributed by atoms with Gasteiger partial charge in [0.25, 0.3) is 0 Å². The van der Waals surface area contributed by atoms with Gasteiger partial charge in [0.1, 0.15) is 0 Å². The molecule has 0 aliphatic carbocycles. The lowest BCUT2D eigenvalue weighted by Crippen LogP contribution is -2.33. The largest absolute Gasteiger partial charge is 0.338 e. The molecule has 0 bridgehead atoms. The second kappa shape index (κ2) is 4.14. The van der Waals surface area contributed by atoms with E-state index in [1.807, 2.05) is 25.6 Å². The second-order valence-corrected chi connectivity index (χ2v) is 5.54. The molecule has 1 aliphatic heterocycles. The topological polar surface area (TPSA) is 64.9 Å². The average molecular weight is 227 g/mol. The highest BCUT2D eigenvalue weighted by Gasteiger charge is 2.29. The molecule has 1 aromatic heterocycles. The van der Waals surface area contributed by atoms with Gasteiger partial charge in [0.05, 0.1) is 10.8 Å². The minimum absolute atomic E-state index is 0.388. The van der Waals surface area contributed by atoms with E-state index in [4.69, 9.17) is 10.3 Å². The first kappa shape index (κ1) is 11.0. The van der Waals surface area contributed by atoms with Gasteiger partial charge in [-0.15, -0.1) is 11.8 Å². The number of nitrogens with zero attached hydrogens (tertiary/aromatic N) is 2. The zero-order valence-electron chi connectivity index (χ0n) is 9.19. The summed E-state index contributed by atoms with van der Waals surface area (Å²) in [6.07, 6.45) is 3.18. The Bertz CT molecular complexity index is 331. The van der Waals surface area contributed by atoms with Crippen LogP contribution in [0.15, 0.2) is 4.52 Å². The number of nitrogens with two attached hydrogens (primary N) is 1. The van der Waals surface area contributed by atoms with Gasteiger partial charge in [0.2, 0.25) is 5.89 Å². The number of thioether (sulfide) groups is 1. The SMILES string of the molecule is CCC(C)(N)c1noc(C2CCCS2)n1. The summed E-state index contributed by atoms with van der Waals surface area (Å²) >= 11 is 1.89. The molecule has 2 N–H and O–H groups in total. The van der Waals surface area contributed by atoms with Crippen LogP contribution in [0, 0.1) is 0 Å². The molecule has 2 atom stereocenters. The Balaban J connectivity index is 2.16. The number of aromatic nitrogens is 2. The first-order valence-electron chi connectivity index (χ1n) is 5.38. The third-order valence-corrected chi connectivity index (χ3v) is 4.26. The molecular weight excluding hydrogens is 210 g/mol. The molecule has 0 saturated carbocycles. The lowest BCUT2D eigenvalue weighted by atomic mass is 10.0. The quantitative estimate of drug-likeness (QED) is 0.857. The third-order valence-electron chi connectivity index (χ3n) is 2.89. The van der Waals surface area contributed by atoms with E-state index in [1.54, 1.807) is 0 Å². The van der Waals surface area contributed by atoms with Crippen molar-refractivity contribution in [2.75, 3.05) is 5.75 Å². The van der Waals surface area contributed by atoms with E-state index in [9.17, 15) is 0 Å². The smallest absolute Gasteiger partial charge is 0.239 e. The van der Waals surface area contributed by atoms with Crippen LogP contribution in [0.2, 0.25) is 0 Å². The molecule has 0 radical (unpaired) electrons. The Morgan fingerprint density at radius 2 is 2.47 bits per heavy atom. The number of rotatable bonds is 3. The minimum atomic E-state index is -0.467. The molecule has 1 aliphatic rings. The normalized spacial score (nSPS) is 25.4. The lowest BCUT2D eigenvalue weighted by molar-refractivity contribution is 0.350. The molecule has 84 valence electrons. The van der Waals surface area contributed by atoms with Crippen molar-refractivity contribution in [3.8, 4) is 0 Å². The second-order valence-electron chi connectivity index (χ2n) is 4.23. The fraction of sp³-hybridized carbons (Fsp3) is 0.800. The molecule has 1 fully saturated rings. The maximum absolute atomic E-state index is 6.06. The van der Waals surface area contributed by atoms with Crippen molar-refractivity contribution in [1.29, 1.82) is 0 Å². The summed E-state index contributed by atoms with van der Waals surface area (Å²) in [4.78, 5) is 4.41. The molecule has 2 unspecified atom stereocenters. The van der Waals surface area contributed by atoms with Crippen molar-refractivity contribution >= 4 is 11.8 Å². The Morgan fingerprint density at radius 1 is 1.67 bits per heavy atom. The van der Waals surface area contributed by atoms with Gasteiger partial charge >= 0.3 is 0 Å². The lowest BCUT2D eigenvalue weighted by Gasteiger charge is -2.16. The van der Waals surface area contributed by atoms with Gasteiger partial charge in [-0.2, -0.15) is 4.98 Å². The van der Waals surface area contributed by atoms with Crippen LogP contribution < -0.4 is 5.73 Å². The Morgan fingerprint density at radius 3 is 3.07 bits per heavy atom. The van der Waals surface area contributed by atoms with E-state index >= 15 is 0 Å². The van der Waals surface area contributed by atoms with Crippen LogP contribution >= 0.6 is 11.8 Å². The van der Waals surface area contributed by atoms with Crippen molar-refractivity contribution in [2.24, 2.45) is 5.73 Å². The fourth-order valence-electron chi connectivity index (χ4n) is 1.53. The summed E-state index contributed by atoms with van der Waals surface area (Å²) in [5, 5.41) is 4.37. The molecule has 1 aromatic rings. The van der Waals surface area contributed by atoms with Crippen molar-refractivity contribution < 1.29 is 4.52 Å². The van der Waals surface area contributed by atoms with Crippen LogP contribution in [-0.4, -0.2) is 15.9 Å². The van der Waals surface area contributed by atoms with Crippen molar-refractivity contribution in [3.63, 3.8) is 0 Å². The Kier molecular flexibility index (Phi) is 3.02. The van der Waals surface area contributed by atoms with Gasteiger partial charge in [-0.3, -0.25) is 0 Å². The molecule has 5 heteroatoms. The number of hydrogen-bond donors (Lipinski definition) is 1. The van der Waals surface area contributed by atoms with Crippen molar-refractivity contribution in [2.45, 2.75) is 43.9 Å². The molecule has 0 aromatic carbocycles. The number of hydrogen-bond acceptors (Lipinski definition) is 5. The predicted molar refractivity (Wildman–Crippen MR) is 60.6 cm³/mol. The summed E-state index contributed by atoms with van der Waals surface area (Å²) in [7, 11) is 0. The highest BCUT2D eigenvalue weighted by atomic mass is 32.2. The van der Waals surface area contributed by atoms with Crippen LogP contribution in [0.25, 0.3) is 0 Å². The molecule has 2 rings (SSSR count). The van der Waals surface area contributed by atoms with Gasteiger partial charge < -0.3 is 10.3 Å². The van der Waals surface area contributed by atoms with E-state index in [2.05, 4.69) is 10.1 Å². The standard InChI is InChI=1S/C10H17N3OS/c1-3-10(2,11)9-12-8(14-13-9)7-5-4-6-15-7/h7H,3-6,11H2,1-2H3. The maximum Gasteiger partial charge on any atom is 0.239 e. The summed E-state index contributed by atoms with van der Waals surface area (Å²) in [6, 6.07) is 0. The zero-order valence-corrected chi connectivity index (χ0v) is 10.0. The molecular formula is C10H17N3OS. The predicted octanol–water partition coefficient (Wildman–Crippen LogP) is 2.22. The maximum atomic E-state index is 6.06. The third kappa shape index (κ3) is 2.18. The van der Waals surface area contributed by atoms with Crippen LogP contribution in [-0.2, 0) is 5.54 Å². The van der Waals surface area contributed by atoms with E-state index in [1.165, 1.54) is 12.2 Å². The first-order valence-corrected chi connectivity index (χ1v) is 6.43. The fourth-order valence-corrected chi connectivity index (χ4v) is 2.72. The van der Waals surface area contributed by atoms with E-state index in [0.29, 0.717) is 11.1 Å². The minimum Gasteiger partial charge on any atom is -0.338 e. The molecule has 2 heterocycles. The Hall–Kier alpha value is -0.550. The average Bonchev–Trinajstić information content (AvgIpc) is 2.88. The van der Waals surface area contributed by atoms with Gasteiger partial charge in [0, 0.05) is 0 Å². The van der Waals surface area contributed by atoms with Crippen molar-refractivity contribution in [1.82, 2.24) is 10.1 Å². The van der Waals surface area contributed by atoms with Crippen LogP contribution in [0.1, 0.15) is 50.1 Å². The summed E-state index contributed by atoms with van der Waals surface area (Å²) in [5.41, 5.74) is 5.59. The summed E-state index contributed by atoms with van der Waals surface area (Å²) < 4.78 is 5.27. The van der Waals surface area contributed by atoms with Gasteiger partial charge in [-0.25, -0.2) is 0 Å². The Labute approximate surface area is 94.0 Å². The summed E-state index contributed by atoms with van der Waals surface area (Å²) in [6.45, 7) is 3.96. The van der Waals surface area contributed by atoms with Crippen LogP contribution in [0.3, 0.4) is 0 Å². The van der Waals surface area contributed by atoms with E-state index in [-0.39, 0.29) is 0 Å². The molecule has 4 nitrogen and oxygen atoms in total. The van der Waals surface area contributed by atoms with Crippen LogP contribution in [0.4, 0.5) is 0 Å². The molecule has 1 saturated heterocycles. The van der Waals surface area contributed by atoms with E-state index < -0.39 is 5.54 Å². The van der Waals surface area contributed by atoms with Gasteiger partial charge in [0.15, 0.2) is 5.82 Å². The molecule has 0 spiro atoms. The van der Waals surface area contributed by atoms with Crippen LogP contribution in [0.5, 0.6) is 0 Å². The summed E-state index contributed by atoms with van der Waals surface area (Å²) in [5.74, 6) is 2.57. The molecule has 15 heavy (non-hydrogen) atoms. The monoisotopic (exact) mass is 227 g/mol. The van der Waals surface area contributed by atoms with E-state index in [0.717, 1.165) is 18.7 Å². The highest BCUT2D eigenvalue weighted by molar-refractivity contribution is 7.99. The highest BCUT2D eigenvalue weighted by Crippen LogP contribution is 2.39. The van der Waals surface area contributed by atoms with Crippen molar-refractivity contribution in [3.05, 3.63) is 11.7 Å². The first-order chi connectivity index (χ1) is 7.13. The van der Waals surface area contributed by atoms with Gasteiger partial charge in [-0.1, -0.05) is 12.1 Å². The molecule has 0 amide bonds.